The SMILES string of the molecule is Cc1nsc(NC(=O)C2CCC(CN)CC2)n1. The lowest BCUT2D eigenvalue weighted by Crippen LogP contribution is -2.29. The molecule has 1 heterocycles. The minimum atomic E-state index is 0.0802. The Labute approximate surface area is 105 Å². The first-order chi connectivity index (χ1) is 8.19. The van der Waals surface area contributed by atoms with Crippen molar-refractivity contribution in [1.82, 2.24) is 9.36 Å². The molecule has 1 aromatic heterocycles. The van der Waals surface area contributed by atoms with Gasteiger partial charge >= 0.3 is 0 Å². The smallest absolute Gasteiger partial charge is 0.229 e. The fourth-order valence-electron chi connectivity index (χ4n) is 2.22. The number of carbonyl (C=O) groups excluding carboxylic acids is 1. The van der Waals surface area contributed by atoms with Crippen molar-refractivity contribution in [3.05, 3.63) is 5.82 Å². The summed E-state index contributed by atoms with van der Waals surface area (Å²) < 4.78 is 4.04. The maximum atomic E-state index is 12.0. The molecular formula is C11H18N4OS. The van der Waals surface area contributed by atoms with E-state index >= 15 is 0 Å². The number of anilines is 1. The van der Waals surface area contributed by atoms with E-state index in [1.807, 2.05) is 6.92 Å². The van der Waals surface area contributed by atoms with Crippen LogP contribution in [0.3, 0.4) is 0 Å². The number of nitrogens with two attached hydrogens (primary N) is 1. The maximum Gasteiger partial charge on any atom is 0.229 e. The molecule has 3 N–H and O–H groups in total. The van der Waals surface area contributed by atoms with Crippen molar-refractivity contribution in [1.29, 1.82) is 0 Å². The van der Waals surface area contributed by atoms with E-state index in [-0.39, 0.29) is 11.8 Å². The van der Waals surface area contributed by atoms with Gasteiger partial charge < -0.3 is 11.1 Å². The summed E-state index contributed by atoms with van der Waals surface area (Å²) in [6, 6.07) is 0. The Kier molecular flexibility index (Phi) is 4.06. The van der Waals surface area contributed by atoms with Crippen molar-refractivity contribution in [3.8, 4) is 0 Å². The second-order valence-electron chi connectivity index (χ2n) is 4.59. The maximum absolute atomic E-state index is 12.0. The summed E-state index contributed by atoms with van der Waals surface area (Å²) in [4.78, 5) is 16.1. The van der Waals surface area contributed by atoms with Crippen molar-refractivity contribution < 1.29 is 4.79 Å². The average Bonchev–Trinajstić information content (AvgIpc) is 2.75. The van der Waals surface area contributed by atoms with E-state index in [1.54, 1.807) is 0 Å². The van der Waals surface area contributed by atoms with Gasteiger partial charge in [-0.25, -0.2) is 4.98 Å². The third kappa shape index (κ3) is 3.23. The van der Waals surface area contributed by atoms with Crippen molar-refractivity contribution in [2.75, 3.05) is 11.9 Å². The summed E-state index contributed by atoms with van der Waals surface area (Å²) >= 11 is 1.23. The number of hydrogen-bond donors (Lipinski definition) is 2. The molecule has 0 unspecified atom stereocenters. The van der Waals surface area contributed by atoms with Crippen molar-refractivity contribution in [2.45, 2.75) is 32.6 Å². The first-order valence-corrected chi connectivity index (χ1v) is 6.77. The van der Waals surface area contributed by atoms with Gasteiger partial charge in [0.05, 0.1) is 0 Å². The van der Waals surface area contributed by atoms with Crippen LogP contribution in [0.4, 0.5) is 5.13 Å². The molecule has 94 valence electrons. The quantitative estimate of drug-likeness (QED) is 0.857. The average molecular weight is 254 g/mol. The van der Waals surface area contributed by atoms with Gasteiger partial charge in [-0.3, -0.25) is 4.79 Å². The minimum absolute atomic E-state index is 0.0802. The predicted octanol–water partition coefficient (Wildman–Crippen LogP) is 1.55. The van der Waals surface area contributed by atoms with E-state index in [0.717, 1.165) is 32.2 Å². The Bertz CT molecular complexity index is 385. The van der Waals surface area contributed by atoms with E-state index < -0.39 is 0 Å². The first kappa shape index (κ1) is 12.4. The summed E-state index contributed by atoms with van der Waals surface area (Å²) in [7, 11) is 0. The van der Waals surface area contributed by atoms with Crippen LogP contribution in [0.2, 0.25) is 0 Å². The number of rotatable bonds is 3. The first-order valence-electron chi connectivity index (χ1n) is 6.00. The Morgan fingerprint density at radius 1 is 1.47 bits per heavy atom. The van der Waals surface area contributed by atoms with Crippen LogP contribution in [0.15, 0.2) is 0 Å². The number of nitrogens with one attached hydrogen (secondary N) is 1. The van der Waals surface area contributed by atoms with Crippen LogP contribution in [-0.4, -0.2) is 21.8 Å². The van der Waals surface area contributed by atoms with Gasteiger partial charge in [0, 0.05) is 17.5 Å². The molecule has 1 aliphatic carbocycles. The molecule has 5 nitrogen and oxygen atoms in total. The molecular weight excluding hydrogens is 236 g/mol. The molecule has 2 rings (SSSR count). The lowest BCUT2D eigenvalue weighted by atomic mass is 9.82. The number of aromatic nitrogens is 2. The second-order valence-corrected chi connectivity index (χ2v) is 5.34. The topological polar surface area (TPSA) is 80.9 Å². The molecule has 0 atom stereocenters. The monoisotopic (exact) mass is 254 g/mol. The molecule has 1 fully saturated rings. The van der Waals surface area contributed by atoms with E-state index in [1.165, 1.54) is 11.5 Å². The van der Waals surface area contributed by atoms with Gasteiger partial charge in [-0.05, 0) is 45.1 Å². The van der Waals surface area contributed by atoms with E-state index in [2.05, 4.69) is 14.7 Å². The highest BCUT2D eigenvalue weighted by atomic mass is 32.1. The molecule has 17 heavy (non-hydrogen) atoms. The zero-order chi connectivity index (χ0) is 12.3. The van der Waals surface area contributed by atoms with Crippen molar-refractivity contribution >= 4 is 22.6 Å². The molecule has 1 aliphatic rings. The van der Waals surface area contributed by atoms with Crippen LogP contribution in [-0.2, 0) is 4.79 Å². The number of amides is 1. The van der Waals surface area contributed by atoms with E-state index in [9.17, 15) is 4.79 Å². The lowest BCUT2D eigenvalue weighted by molar-refractivity contribution is -0.121. The molecule has 0 spiro atoms. The van der Waals surface area contributed by atoms with Crippen molar-refractivity contribution in [2.24, 2.45) is 17.6 Å². The number of carbonyl (C=O) groups is 1. The normalized spacial score (nSPS) is 24.6. The molecule has 1 saturated carbocycles. The highest BCUT2D eigenvalue weighted by Crippen LogP contribution is 2.29. The van der Waals surface area contributed by atoms with Gasteiger partial charge in [-0.2, -0.15) is 4.37 Å². The Morgan fingerprint density at radius 2 is 2.18 bits per heavy atom. The van der Waals surface area contributed by atoms with Gasteiger partial charge in [0.25, 0.3) is 0 Å². The highest BCUT2D eigenvalue weighted by Gasteiger charge is 2.26. The van der Waals surface area contributed by atoms with E-state index in [4.69, 9.17) is 5.73 Å². The summed E-state index contributed by atoms with van der Waals surface area (Å²) in [6.07, 6.45) is 3.99. The van der Waals surface area contributed by atoms with Gasteiger partial charge in [0.2, 0.25) is 11.0 Å². The van der Waals surface area contributed by atoms with Gasteiger partial charge in [-0.1, -0.05) is 0 Å². The molecule has 0 saturated heterocycles. The zero-order valence-corrected chi connectivity index (χ0v) is 10.8. The van der Waals surface area contributed by atoms with Crippen LogP contribution in [0, 0.1) is 18.8 Å². The van der Waals surface area contributed by atoms with Crippen molar-refractivity contribution in [3.63, 3.8) is 0 Å². The lowest BCUT2D eigenvalue weighted by Gasteiger charge is -2.26. The largest absolute Gasteiger partial charge is 0.330 e. The Hall–Kier alpha value is -1.01. The number of nitrogens with zero attached hydrogens (tertiary/aromatic N) is 2. The number of hydrogen-bond acceptors (Lipinski definition) is 5. The summed E-state index contributed by atoms with van der Waals surface area (Å²) in [5, 5.41) is 3.45. The van der Waals surface area contributed by atoms with Gasteiger partial charge in [-0.15, -0.1) is 0 Å². The van der Waals surface area contributed by atoms with Crippen LogP contribution >= 0.6 is 11.5 Å². The fourth-order valence-corrected chi connectivity index (χ4v) is 2.79. The summed E-state index contributed by atoms with van der Waals surface area (Å²) in [5.74, 6) is 1.50. The highest BCUT2D eigenvalue weighted by molar-refractivity contribution is 7.09. The van der Waals surface area contributed by atoms with Crippen LogP contribution in [0.1, 0.15) is 31.5 Å². The van der Waals surface area contributed by atoms with E-state index in [0.29, 0.717) is 16.9 Å². The Balaban J connectivity index is 1.85. The number of aryl methyl sites for hydroxylation is 1. The zero-order valence-electron chi connectivity index (χ0n) is 9.98. The molecule has 0 aromatic carbocycles. The molecule has 0 radical (unpaired) electrons. The molecule has 6 heteroatoms. The fraction of sp³-hybridized carbons (Fsp3) is 0.727. The molecule has 0 aliphatic heterocycles. The Morgan fingerprint density at radius 3 is 2.71 bits per heavy atom. The molecule has 1 amide bonds. The summed E-state index contributed by atoms with van der Waals surface area (Å²) in [5.41, 5.74) is 5.63. The summed E-state index contributed by atoms with van der Waals surface area (Å²) in [6.45, 7) is 2.56. The van der Waals surface area contributed by atoms with Crippen LogP contribution < -0.4 is 11.1 Å². The second kappa shape index (κ2) is 5.55. The molecule has 1 aromatic rings. The van der Waals surface area contributed by atoms with Crippen LogP contribution in [0.25, 0.3) is 0 Å². The standard InChI is InChI=1S/C11H18N4OS/c1-7-13-11(17-15-7)14-10(16)9-4-2-8(6-12)3-5-9/h8-9H,2-6,12H2,1H3,(H,13,14,15,16). The third-order valence-electron chi connectivity index (χ3n) is 3.31. The van der Waals surface area contributed by atoms with Gasteiger partial charge in [0.1, 0.15) is 5.82 Å². The predicted molar refractivity (Wildman–Crippen MR) is 67.8 cm³/mol. The van der Waals surface area contributed by atoms with Crippen LogP contribution in [0.5, 0.6) is 0 Å². The third-order valence-corrected chi connectivity index (χ3v) is 4.03. The van der Waals surface area contributed by atoms with Gasteiger partial charge in [0.15, 0.2) is 0 Å². The minimum Gasteiger partial charge on any atom is -0.330 e. The molecule has 0 bridgehead atoms.